The van der Waals surface area contributed by atoms with Crippen LogP contribution in [-0.4, -0.2) is 72.4 Å². The molecule has 2 fully saturated rings. The highest BCUT2D eigenvalue weighted by Gasteiger charge is 2.67. The maximum atomic E-state index is 16.2. The maximum Gasteiger partial charge on any atom is 0.338 e. The van der Waals surface area contributed by atoms with Gasteiger partial charge in [0, 0.05) is 66.2 Å². The van der Waals surface area contributed by atoms with Gasteiger partial charge in [0.25, 0.3) is 5.69 Å². The molecule has 2 saturated heterocycles. The Balaban J connectivity index is 1.52. The number of benzene rings is 3. The molecule has 6 rings (SSSR count). The van der Waals surface area contributed by atoms with Crippen LogP contribution < -0.4 is 10.6 Å². The van der Waals surface area contributed by atoms with Crippen LogP contribution in [0.2, 0.25) is 10.0 Å². The zero-order chi connectivity index (χ0) is 33.5. The van der Waals surface area contributed by atoms with Crippen molar-refractivity contribution >= 4 is 46.5 Å². The minimum absolute atomic E-state index is 0.00964. The van der Waals surface area contributed by atoms with E-state index in [9.17, 15) is 24.8 Å². The summed E-state index contributed by atoms with van der Waals surface area (Å²) in [4.78, 5) is 40.1. The van der Waals surface area contributed by atoms with Crippen molar-refractivity contribution in [3.63, 3.8) is 0 Å². The number of hydrogen-bond acceptors (Lipinski definition) is 9. The van der Waals surface area contributed by atoms with Gasteiger partial charge in [-0.3, -0.25) is 19.8 Å². The minimum Gasteiger partial charge on any atom is -0.465 e. The van der Waals surface area contributed by atoms with Gasteiger partial charge in [-0.2, -0.15) is 0 Å². The van der Waals surface area contributed by atoms with Gasteiger partial charge in [0.1, 0.15) is 11.4 Å². The van der Waals surface area contributed by atoms with Crippen LogP contribution in [0.1, 0.15) is 45.8 Å². The number of hydrogen-bond donors (Lipinski definition) is 3. The van der Waals surface area contributed by atoms with E-state index < -0.39 is 52.8 Å². The molecule has 4 atom stereocenters. The van der Waals surface area contributed by atoms with Gasteiger partial charge in [0.15, 0.2) is 0 Å². The molecule has 0 saturated carbocycles. The first-order valence-electron chi connectivity index (χ1n) is 15.2. The molecule has 47 heavy (non-hydrogen) atoms. The molecule has 14 heteroatoms. The topological polar surface area (TPSA) is 143 Å². The summed E-state index contributed by atoms with van der Waals surface area (Å²) in [6.45, 7) is 0.962. The van der Waals surface area contributed by atoms with Gasteiger partial charge in [-0.25, -0.2) is 9.18 Å². The number of rotatable bonds is 9. The predicted octanol–water partition coefficient (Wildman–Crippen LogP) is 5.02. The monoisotopic (exact) mass is 686 g/mol. The molecule has 3 heterocycles. The number of aliphatic hydroxyl groups excluding tert-OH is 1. The van der Waals surface area contributed by atoms with Crippen LogP contribution >= 0.6 is 23.2 Å². The Labute approximate surface area is 280 Å². The molecule has 0 bridgehead atoms. The van der Waals surface area contributed by atoms with Gasteiger partial charge in [-0.05, 0) is 48.6 Å². The van der Waals surface area contributed by atoms with Crippen molar-refractivity contribution in [3.05, 3.63) is 103 Å². The number of nitrogens with zero attached hydrogens (tertiary/aromatic N) is 2. The summed E-state index contributed by atoms with van der Waals surface area (Å²) in [5.74, 6) is -2.71. The number of esters is 1. The number of nitrogens with one attached hydrogen (secondary N) is 2. The van der Waals surface area contributed by atoms with E-state index in [2.05, 4.69) is 10.6 Å². The fourth-order valence-electron chi connectivity index (χ4n) is 7.49. The van der Waals surface area contributed by atoms with Crippen molar-refractivity contribution in [2.24, 2.45) is 5.92 Å². The SMILES string of the molecule is COC(=O)c1ccc(CN[C@@H]2[C@H](CO)N(CC3CCOCC3)[C@@]3(C(=O)Nc4cc(Cl)ccc43)[C@H]2c2cccc(Cl)c2F)c([N+](=O)[O-])c1. The summed E-state index contributed by atoms with van der Waals surface area (Å²) < 4.78 is 26.5. The van der Waals surface area contributed by atoms with E-state index in [1.807, 2.05) is 4.90 Å². The Bertz CT molecular complexity index is 1720. The predicted molar refractivity (Wildman–Crippen MR) is 172 cm³/mol. The molecule has 0 radical (unpaired) electrons. The van der Waals surface area contributed by atoms with E-state index in [1.54, 1.807) is 30.3 Å². The number of nitro benzene ring substituents is 1. The van der Waals surface area contributed by atoms with E-state index in [1.165, 1.54) is 25.3 Å². The van der Waals surface area contributed by atoms with Crippen LogP contribution in [0.3, 0.4) is 0 Å². The van der Waals surface area contributed by atoms with E-state index >= 15 is 4.39 Å². The first-order chi connectivity index (χ1) is 22.6. The number of methoxy groups -OCH3 is 1. The summed E-state index contributed by atoms with van der Waals surface area (Å²) in [5, 5.41) is 29.8. The summed E-state index contributed by atoms with van der Waals surface area (Å²) in [5.41, 5.74) is -0.402. The number of aliphatic hydroxyl groups is 1. The van der Waals surface area contributed by atoms with E-state index in [4.69, 9.17) is 32.7 Å². The standard InChI is InChI=1S/C33H33Cl2FN4O7/c1-46-31(42)19-5-6-20(26(13-19)40(44)45)15-37-30-27(17-41)39(16-18-9-11-47-12-10-18)33(28(30)22-3-2-4-24(35)29(22)36)23-8-7-21(34)14-25(23)38-32(33)43/h2-8,13-14,18,27-28,30,37,41H,9-12,15-17H2,1H3,(H,38,43)/t27-,28-,30+,33+/m0/s1. The molecule has 3 aliphatic rings. The molecule has 248 valence electrons. The van der Waals surface area contributed by atoms with Crippen molar-refractivity contribution in [3.8, 4) is 0 Å². The summed E-state index contributed by atoms with van der Waals surface area (Å²) in [6.07, 6.45) is 1.46. The van der Waals surface area contributed by atoms with Gasteiger partial charge >= 0.3 is 5.97 Å². The zero-order valence-electron chi connectivity index (χ0n) is 25.4. The Morgan fingerprint density at radius 2 is 1.98 bits per heavy atom. The third-order valence-electron chi connectivity index (χ3n) is 9.59. The Morgan fingerprint density at radius 1 is 1.21 bits per heavy atom. The fraction of sp³-hybridized carbons (Fsp3) is 0.394. The van der Waals surface area contributed by atoms with Gasteiger partial charge in [-0.15, -0.1) is 0 Å². The fourth-order valence-corrected chi connectivity index (χ4v) is 7.84. The molecule has 1 amide bonds. The minimum atomic E-state index is -1.52. The lowest BCUT2D eigenvalue weighted by Gasteiger charge is -2.41. The smallest absolute Gasteiger partial charge is 0.338 e. The van der Waals surface area contributed by atoms with Crippen molar-refractivity contribution in [2.75, 3.05) is 38.8 Å². The van der Waals surface area contributed by atoms with Crippen molar-refractivity contribution in [1.82, 2.24) is 10.2 Å². The zero-order valence-corrected chi connectivity index (χ0v) is 26.9. The maximum absolute atomic E-state index is 16.2. The Hall–Kier alpha value is -3.65. The number of likely N-dealkylation sites (tertiary alicyclic amines) is 1. The van der Waals surface area contributed by atoms with Crippen molar-refractivity contribution in [2.45, 2.75) is 42.9 Å². The number of ether oxygens (including phenoxy) is 2. The van der Waals surface area contributed by atoms with Crippen LogP contribution in [-0.2, 0) is 26.4 Å². The van der Waals surface area contributed by atoms with E-state index in [0.29, 0.717) is 36.0 Å². The van der Waals surface area contributed by atoms with Crippen LogP contribution in [0.4, 0.5) is 15.8 Å². The molecule has 11 nitrogen and oxygen atoms in total. The van der Waals surface area contributed by atoms with Gasteiger partial charge in [0.05, 0.1) is 35.3 Å². The highest BCUT2D eigenvalue weighted by molar-refractivity contribution is 6.31. The highest BCUT2D eigenvalue weighted by Crippen LogP contribution is 2.58. The second-order valence-electron chi connectivity index (χ2n) is 12.0. The Kier molecular flexibility index (Phi) is 9.52. The first kappa shape index (κ1) is 33.3. The van der Waals surface area contributed by atoms with Crippen molar-refractivity contribution < 1.29 is 33.5 Å². The lowest BCUT2D eigenvalue weighted by molar-refractivity contribution is -0.385. The number of nitro groups is 1. The lowest BCUT2D eigenvalue weighted by atomic mass is 9.73. The molecule has 0 unspecified atom stereocenters. The summed E-state index contributed by atoms with van der Waals surface area (Å²) in [7, 11) is 1.18. The molecule has 3 aliphatic heterocycles. The molecule has 0 aromatic heterocycles. The van der Waals surface area contributed by atoms with Crippen LogP contribution in [0.15, 0.2) is 54.6 Å². The van der Waals surface area contributed by atoms with Crippen molar-refractivity contribution in [1.29, 1.82) is 0 Å². The average Bonchev–Trinajstić information content (AvgIpc) is 3.50. The third kappa shape index (κ3) is 5.77. The molecule has 1 spiro atoms. The summed E-state index contributed by atoms with van der Waals surface area (Å²) in [6, 6.07) is 12.1. The van der Waals surface area contributed by atoms with E-state index in [-0.39, 0.29) is 39.9 Å². The quantitative estimate of drug-likeness (QED) is 0.161. The number of fused-ring (bicyclic) bond motifs is 2. The second kappa shape index (κ2) is 13.5. The molecule has 3 N–H and O–H groups in total. The molecular weight excluding hydrogens is 654 g/mol. The third-order valence-corrected chi connectivity index (χ3v) is 10.1. The van der Waals surface area contributed by atoms with Crippen LogP contribution in [0, 0.1) is 21.8 Å². The van der Waals surface area contributed by atoms with E-state index in [0.717, 1.165) is 18.9 Å². The normalized spacial score (nSPS) is 24.4. The van der Waals surface area contributed by atoms with Crippen LogP contribution in [0.25, 0.3) is 0 Å². The van der Waals surface area contributed by atoms with Gasteiger partial charge in [-0.1, -0.05) is 47.5 Å². The molecule has 3 aromatic carbocycles. The number of anilines is 1. The Morgan fingerprint density at radius 3 is 2.68 bits per heavy atom. The highest BCUT2D eigenvalue weighted by atomic mass is 35.5. The molecular formula is C33H33Cl2FN4O7. The number of amides is 1. The van der Waals surface area contributed by atoms with Gasteiger partial charge < -0.3 is 25.2 Å². The number of halogens is 3. The van der Waals surface area contributed by atoms with Gasteiger partial charge in [0.2, 0.25) is 5.91 Å². The molecule has 3 aromatic rings. The average molecular weight is 688 g/mol. The number of carbonyl (C=O) groups is 2. The summed E-state index contributed by atoms with van der Waals surface area (Å²) >= 11 is 12.7. The first-order valence-corrected chi connectivity index (χ1v) is 16.0. The lowest BCUT2D eigenvalue weighted by Crippen LogP contribution is -2.54. The largest absolute Gasteiger partial charge is 0.465 e. The second-order valence-corrected chi connectivity index (χ2v) is 12.8. The number of carbonyl (C=O) groups excluding carboxylic acids is 2. The molecule has 0 aliphatic carbocycles. The van der Waals surface area contributed by atoms with Crippen LogP contribution in [0.5, 0.6) is 0 Å².